The van der Waals surface area contributed by atoms with Crippen molar-refractivity contribution in [1.29, 1.82) is 0 Å². The van der Waals surface area contributed by atoms with Gasteiger partial charge in [0.1, 0.15) is 5.82 Å². The maximum atomic E-state index is 13.3. The number of hydrogen-bond donors (Lipinski definition) is 2. The fraction of sp³-hybridized carbons (Fsp3) is 0.200. The summed E-state index contributed by atoms with van der Waals surface area (Å²) >= 11 is 0. The van der Waals surface area contributed by atoms with E-state index in [1.807, 2.05) is 30.3 Å². The first-order valence-corrected chi connectivity index (χ1v) is 8.63. The molecule has 0 aliphatic heterocycles. The van der Waals surface area contributed by atoms with Crippen LogP contribution in [0.25, 0.3) is 11.3 Å². The minimum Gasteiger partial charge on any atom is -0.351 e. The molecule has 0 bridgehead atoms. The van der Waals surface area contributed by atoms with Crippen LogP contribution in [0.1, 0.15) is 18.4 Å². The molecule has 27 heavy (non-hydrogen) atoms. The molecule has 2 N–H and O–H groups in total. The lowest BCUT2D eigenvalue weighted by Crippen LogP contribution is -2.11. The molecule has 7 heteroatoms. The van der Waals surface area contributed by atoms with Crippen LogP contribution >= 0.6 is 0 Å². The summed E-state index contributed by atoms with van der Waals surface area (Å²) in [6.07, 6.45) is -2.37. The number of para-hydroxylation sites is 1. The number of anilines is 3. The van der Waals surface area contributed by atoms with Crippen LogP contribution in [0, 0.1) is 0 Å². The van der Waals surface area contributed by atoms with E-state index in [-0.39, 0.29) is 5.69 Å². The van der Waals surface area contributed by atoms with Crippen molar-refractivity contribution in [3.05, 3.63) is 66.2 Å². The monoisotopic (exact) mass is 370 g/mol. The third-order valence-electron chi connectivity index (χ3n) is 4.20. The topological polar surface area (TPSA) is 49.8 Å². The molecule has 4 rings (SSSR count). The predicted octanol–water partition coefficient (Wildman–Crippen LogP) is 5.48. The molecule has 0 spiro atoms. The number of halogens is 3. The quantitative estimate of drug-likeness (QED) is 0.624. The lowest BCUT2D eigenvalue weighted by Gasteiger charge is -2.15. The molecule has 1 aliphatic rings. The first kappa shape index (κ1) is 17.3. The number of hydrogen-bond acceptors (Lipinski definition) is 4. The SMILES string of the molecule is FC(F)(F)c1ccccc1Nc1cc(-c2ccccc2)nc(NC2CC2)n1. The molecule has 2 aromatic carbocycles. The second-order valence-corrected chi connectivity index (χ2v) is 6.42. The van der Waals surface area contributed by atoms with Gasteiger partial charge in [-0.15, -0.1) is 0 Å². The molecule has 0 unspecified atom stereocenters. The molecule has 138 valence electrons. The Bertz CT molecular complexity index is 937. The van der Waals surface area contributed by atoms with Gasteiger partial charge in [0.05, 0.1) is 16.9 Å². The van der Waals surface area contributed by atoms with E-state index in [1.54, 1.807) is 12.1 Å². The maximum absolute atomic E-state index is 13.3. The van der Waals surface area contributed by atoms with Gasteiger partial charge in [-0.3, -0.25) is 0 Å². The molecule has 3 aromatic rings. The first-order chi connectivity index (χ1) is 13.0. The highest BCUT2D eigenvalue weighted by Crippen LogP contribution is 2.36. The van der Waals surface area contributed by atoms with Crippen LogP contribution in [0.3, 0.4) is 0 Å². The van der Waals surface area contributed by atoms with Crippen molar-refractivity contribution < 1.29 is 13.2 Å². The molecular formula is C20H17F3N4. The van der Waals surface area contributed by atoms with Gasteiger partial charge in [0.2, 0.25) is 5.95 Å². The second-order valence-electron chi connectivity index (χ2n) is 6.42. The zero-order valence-electron chi connectivity index (χ0n) is 14.3. The van der Waals surface area contributed by atoms with Crippen LogP contribution in [-0.2, 0) is 6.18 Å². The largest absolute Gasteiger partial charge is 0.418 e. The molecule has 1 saturated carbocycles. The van der Waals surface area contributed by atoms with Crippen molar-refractivity contribution in [2.75, 3.05) is 10.6 Å². The molecular weight excluding hydrogens is 353 g/mol. The molecule has 0 amide bonds. The molecule has 0 atom stereocenters. The van der Waals surface area contributed by atoms with Crippen molar-refractivity contribution in [2.45, 2.75) is 25.1 Å². The highest BCUT2D eigenvalue weighted by atomic mass is 19.4. The van der Waals surface area contributed by atoms with Crippen LogP contribution < -0.4 is 10.6 Å². The molecule has 4 nitrogen and oxygen atoms in total. The number of rotatable bonds is 5. The Morgan fingerprint density at radius 2 is 1.59 bits per heavy atom. The number of benzene rings is 2. The van der Waals surface area contributed by atoms with Crippen LogP contribution in [0.15, 0.2) is 60.7 Å². The molecule has 1 fully saturated rings. The summed E-state index contributed by atoms with van der Waals surface area (Å²) in [6.45, 7) is 0. The Balaban J connectivity index is 1.72. The summed E-state index contributed by atoms with van der Waals surface area (Å²) in [6, 6.07) is 16.8. The Hall–Kier alpha value is -3.09. The van der Waals surface area contributed by atoms with E-state index in [0.717, 1.165) is 24.5 Å². The Labute approximate surface area is 154 Å². The summed E-state index contributed by atoms with van der Waals surface area (Å²) in [5.41, 5.74) is 0.730. The maximum Gasteiger partial charge on any atom is 0.418 e. The van der Waals surface area contributed by atoms with Gasteiger partial charge in [0, 0.05) is 17.7 Å². The van der Waals surface area contributed by atoms with E-state index in [2.05, 4.69) is 20.6 Å². The lowest BCUT2D eigenvalue weighted by molar-refractivity contribution is -0.136. The molecule has 1 heterocycles. The van der Waals surface area contributed by atoms with E-state index in [4.69, 9.17) is 0 Å². The van der Waals surface area contributed by atoms with E-state index in [9.17, 15) is 13.2 Å². The standard InChI is InChI=1S/C20H17F3N4/c21-20(22,23)15-8-4-5-9-16(15)25-18-12-17(13-6-2-1-3-7-13)26-19(27-18)24-14-10-11-14/h1-9,12,14H,10-11H2,(H2,24,25,26,27). The van der Waals surface area contributed by atoms with Crippen LogP contribution in [0.5, 0.6) is 0 Å². The normalized spacial score (nSPS) is 14.0. The van der Waals surface area contributed by atoms with Gasteiger partial charge < -0.3 is 10.6 Å². The van der Waals surface area contributed by atoms with Gasteiger partial charge >= 0.3 is 6.18 Å². The van der Waals surface area contributed by atoms with Gasteiger partial charge in [-0.2, -0.15) is 18.2 Å². The highest BCUT2D eigenvalue weighted by molar-refractivity contribution is 5.69. The molecule has 0 saturated heterocycles. The zero-order valence-corrected chi connectivity index (χ0v) is 14.3. The minimum atomic E-state index is -4.45. The third kappa shape index (κ3) is 4.19. The van der Waals surface area contributed by atoms with Crippen molar-refractivity contribution >= 4 is 17.5 Å². The first-order valence-electron chi connectivity index (χ1n) is 8.63. The van der Waals surface area contributed by atoms with E-state index in [1.165, 1.54) is 12.1 Å². The fourth-order valence-corrected chi connectivity index (χ4v) is 2.72. The minimum absolute atomic E-state index is 0.0416. The zero-order chi connectivity index (χ0) is 18.9. The summed E-state index contributed by atoms with van der Waals surface area (Å²) < 4.78 is 39.8. The smallest absolute Gasteiger partial charge is 0.351 e. The third-order valence-corrected chi connectivity index (χ3v) is 4.20. The second kappa shape index (κ2) is 6.90. The van der Waals surface area contributed by atoms with E-state index >= 15 is 0 Å². The predicted molar refractivity (Wildman–Crippen MR) is 98.8 cm³/mol. The van der Waals surface area contributed by atoms with Gasteiger partial charge in [-0.1, -0.05) is 42.5 Å². The van der Waals surface area contributed by atoms with Gasteiger partial charge in [0.25, 0.3) is 0 Å². The summed E-state index contributed by atoms with van der Waals surface area (Å²) in [7, 11) is 0. The van der Waals surface area contributed by atoms with Gasteiger partial charge in [0.15, 0.2) is 0 Å². The van der Waals surface area contributed by atoms with Gasteiger partial charge in [-0.05, 0) is 25.0 Å². The van der Waals surface area contributed by atoms with Crippen molar-refractivity contribution in [2.24, 2.45) is 0 Å². The fourth-order valence-electron chi connectivity index (χ4n) is 2.72. The van der Waals surface area contributed by atoms with Crippen molar-refractivity contribution in [1.82, 2.24) is 9.97 Å². The summed E-state index contributed by atoms with van der Waals surface area (Å²) in [5, 5.41) is 6.02. The number of nitrogens with one attached hydrogen (secondary N) is 2. The van der Waals surface area contributed by atoms with Crippen LogP contribution in [0.2, 0.25) is 0 Å². The van der Waals surface area contributed by atoms with Gasteiger partial charge in [-0.25, -0.2) is 4.98 Å². The average Bonchev–Trinajstić information content (AvgIpc) is 3.46. The number of nitrogens with zero attached hydrogens (tertiary/aromatic N) is 2. The summed E-state index contributed by atoms with van der Waals surface area (Å²) in [4.78, 5) is 8.87. The lowest BCUT2D eigenvalue weighted by atomic mass is 10.1. The Kier molecular flexibility index (Phi) is 4.43. The number of alkyl halides is 3. The van der Waals surface area contributed by atoms with Crippen molar-refractivity contribution in [3.8, 4) is 11.3 Å². The van der Waals surface area contributed by atoms with Crippen LogP contribution in [0.4, 0.5) is 30.6 Å². The van der Waals surface area contributed by atoms with E-state index < -0.39 is 11.7 Å². The molecule has 1 aliphatic carbocycles. The molecule has 0 radical (unpaired) electrons. The molecule has 1 aromatic heterocycles. The average molecular weight is 370 g/mol. The highest BCUT2D eigenvalue weighted by Gasteiger charge is 2.33. The Morgan fingerprint density at radius 3 is 2.30 bits per heavy atom. The van der Waals surface area contributed by atoms with E-state index in [0.29, 0.717) is 23.5 Å². The van der Waals surface area contributed by atoms with Crippen molar-refractivity contribution in [3.63, 3.8) is 0 Å². The Morgan fingerprint density at radius 1 is 0.889 bits per heavy atom. The van der Waals surface area contributed by atoms with Crippen LogP contribution in [-0.4, -0.2) is 16.0 Å². The summed E-state index contributed by atoms with van der Waals surface area (Å²) in [5.74, 6) is 0.717. The number of aromatic nitrogens is 2.